The first-order valence-corrected chi connectivity index (χ1v) is 6.15. The molecule has 0 aromatic carbocycles. The van der Waals surface area contributed by atoms with Gasteiger partial charge in [-0.25, -0.2) is 0 Å². The average molecular weight is 191 g/mol. The Kier molecular flexibility index (Phi) is 1.90. The van der Waals surface area contributed by atoms with E-state index in [-0.39, 0.29) is 0 Å². The van der Waals surface area contributed by atoms with Gasteiger partial charge < -0.3 is 5.73 Å². The van der Waals surface area contributed by atoms with E-state index in [1.807, 2.05) is 0 Å². The predicted octanol–water partition coefficient (Wildman–Crippen LogP) is 2.92. The van der Waals surface area contributed by atoms with Gasteiger partial charge in [0.05, 0.1) is 0 Å². The molecule has 78 valence electrons. The third-order valence-corrected chi connectivity index (χ3v) is 4.92. The molecule has 0 saturated heterocycles. The summed E-state index contributed by atoms with van der Waals surface area (Å²) in [5, 5.41) is 0. The third-order valence-electron chi connectivity index (χ3n) is 4.92. The van der Waals surface area contributed by atoms with Gasteiger partial charge in [-0.15, -0.1) is 0 Å². The summed E-state index contributed by atoms with van der Waals surface area (Å²) < 4.78 is 0. The summed E-state index contributed by atoms with van der Waals surface area (Å²) in [7, 11) is 0. The van der Waals surface area contributed by atoms with Crippen LogP contribution in [0, 0.1) is 29.6 Å². The van der Waals surface area contributed by atoms with Crippen LogP contribution in [0.1, 0.15) is 38.5 Å². The Labute approximate surface area is 86.8 Å². The Morgan fingerprint density at radius 1 is 1.00 bits per heavy atom. The first-order valence-electron chi connectivity index (χ1n) is 6.15. The van der Waals surface area contributed by atoms with Crippen LogP contribution in [0.4, 0.5) is 0 Å². The summed E-state index contributed by atoms with van der Waals surface area (Å²) in [5.41, 5.74) is 6.70. The Balaban J connectivity index is 1.77. The Hall–Kier alpha value is -0.460. The molecule has 0 atom stereocenters. The van der Waals surface area contributed by atoms with E-state index < -0.39 is 0 Å². The number of rotatable bonds is 2. The van der Waals surface area contributed by atoms with Crippen molar-refractivity contribution in [1.29, 1.82) is 0 Å². The topological polar surface area (TPSA) is 26.0 Å². The molecule has 0 aliphatic heterocycles. The predicted molar refractivity (Wildman–Crippen MR) is 58.5 cm³/mol. The van der Waals surface area contributed by atoms with E-state index in [9.17, 15) is 0 Å². The second-order valence-corrected chi connectivity index (χ2v) is 5.96. The Morgan fingerprint density at radius 2 is 1.50 bits per heavy atom. The molecule has 14 heavy (non-hydrogen) atoms. The summed E-state index contributed by atoms with van der Waals surface area (Å²) in [6.45, 7) is 3.88. The minimum atomic E-state index is 0.903. The van der Waals surface area contributed by atoms with Gasteiger partial charge in [-0.05, 0) is 68.1 Å². The fraction of sp³-hybridized carbons (Fsp3) is 0.846. The van der Waals surface area contributed by atoms with E-state index >= 15 is 0 Å². The van der Waals surface area contributed by atoms with Crippen molar-refractivity contribution in [1.82, 2.24) is 0 Å². The van der Waals surface area contributed by atoms with Crippen LogP contribution in [0.5, 0.6) is 0 Å². The highest BCUT2D eigenvalue weighted by atomic mass is 14.6. The maximum Gasteiger partial charge on any atom is 0.00104 e. The lowest BCUT2D eigenvalue weighted by atomic mass is 9.51. The molecule has 1 nitrogen and oxygen atoms in total. The summed E-state index contributed by atoms with van der Waals surface area (Å²) >= 11 is 0. The van der Waals surface area contributed by atoms with Gasteiger partial charge in [-0.3, -0.25) is 0 Å². The van der Waals surface area contributed by atoms with Crippen LogP contribution in [0.3, 0.4) is 0 Å². The average Bonchev–Trinajstić information content (AvgIpc) is 2.09. The number of hydrogen-bond donors (Lipinski definition) is 1. The van der Waals surface area contributed by atoms with Gasteiger partial charge in [-0.2, -0.15) is 0 Å². The number of hydrogen-bond acceptors (Lipinski definition) is 1. The normalized spacial score (nSPS) is 49.6. The van der Waals surface area contributed by atoms with Crippen molar-refractivity contribution in [2.24, 2.45) is 35.3 Å². The lowest BCUT2D eigenvalue weighted by Gasteiger charge is -2.54. The molecular formula is C13H21N. The highest BCUT2D eigenvalue weighted by Gasteiger charge is 2.47. The molecule has 4 fully saturated rings. The second kappa shape index (κ2) is 3.01. The standard InChI is InChI=1S/C13H21N/c1-8(14)2-13-11-4-9-3-10(6-11)7-12(13)5-9/h9-13H,1-7,14H2. The van der Waals surface area contributed by atoms with Gasteiger partial charge >= 0.3 is 0 Å². The Bertz CT molecular complexity index is 228. The molecule has 2 N–H and O–H groups in total. The maximum atomic E-state index is 5.78. The van der Waals surface area contributed by atoms with Gasteiger partial charge in [0.25, 0.3) is 0 Å². The molecule has 0 aromatic heterocycles. The largest absolute Gasteiger partial charge is 0.403 e. The maximum absolute atomic E-state index is 5.78. The summed E-state index contributed by atoms with van der Waals surface area (Å²) in [6.07, 6.45) is 8.67. The van der Waals surface area contributed by atoms with Gasteiger partial charge in [0.2, 0.25) is 0 Å². The van der Waals surface area contributed by atoms with Crippen LogP contribution in [-0.4, -0.2) is 0 Å². The lowest BCUT2D eigenvalue weighted by Crippen LogP contribution is -2.45. The van der Waals surface area contributed by atoms with Crippen LogP contribution < -0.4 is 5.73 Å². The zero-order chi connectivity index (χ0) is 9.71. The first kappa shape index (κ1) is 8.82. The van der Waals surface area contributed by atoms with Gasteiger partial charge in [0.15, 0.2) is 0 Å². The molecular weight excluding hydrogens is 170 g/mol. The van der Waals surface area contributed by atoms with Gasteiger partial charge in [0, 0.05) is 5.70 Å². The van der Waals surface area contributed by atoms with Crippen LogP contribution in [-0.2, 0) is 0 Å². The first-order chi connectivity index (χ1) is 6.72. The summed E-state index contributed by atoms with van der Waals surface area (Å²) in [6, 6.07) is 0. The van der Waals surface area contributed by atoms with E-state index in [0.29, 0.717) is 0 Å². The van der Waals surface area contributed by atoms with E-state index in [2.05, 4.69) is 6.58 Å². The van der Waals surface area contributed by atoms with E-state index in [1.165, 1.54) is 25.7 Å². The quantitative estimate of drug-likeness (QED) is 0.713. The summed E-state index contributed by atoms with van der Waals surface area (Å²) in [4.78, 5) is 0. The molecule has 1 heteroatoms. The van der Waals surface area contributed by atoms with Crippen molar-refractivity contribution in [3.63, 3.8) is 0 Å². The molecule has 4 saturated carbocycles. The van der Waals surface area contributed by atoms with Crippen LogP contribution >= 0.6 is 0 Å². The Morgan fingerprint density at radius 3 is 1.93 bits per heavy atom. The molecule has 4 rings (SSSR count). The van der Waals surface area contributed by atoms with Crippen molar-refractivity contribution in [2.75, 3.05) is 0 Å². The molecule has 0 spiro atoms. The minimum absolute atomic E-state index is 0.903. The molecule has 0 unspecified atom stereocenters. The third kappa shape index (κ3) is 1.29. The fourth-order valence-corrected chi connectivity index (χ4v) is 4.67. The van der Waals surface area contributed by atoms with Gasteiger partial charge in [0.1, 0.15) is 0 Å². The van der Waals surface area contributed by atoms with Crippen molar-refractivity contribution < 1.29 is 0 Å². The molecule has 0 heterocycles. The second-order valence-electron chi connectivity index (χ2n) is 5.96. The van der Waals surface area contributed by atoms with Crippen LogP contribution in [0.2, 0.25) is 0 Å². The van der Waals surface area contributed by atoms with Crippen LogP contribution in [0.15, 0.2) is 12.3 Å². The molecule has 4 aliphatic rings. The van der Waals surface area contributed by atoms with Gasteiger partial charge in [-0.1, -0.05) is 6.58 Å². The van der Waals surface area contributed by atoms with Crippen molar-refractivity contribution in [3.8, 4) is 0 Å². The SMILES string of the molecule is C=C(N)CC1C2CC3CC(C2)CC1C3. The lowest BCUT2D eigenvalue weighted by molar-refractivity contribution is -0.0360. The molecule has 4 bridgehead atoms. The fourth-order valence-electron chi connectivity index (χ4n) is 4.67. The van der Waals surface area contributed by atoms with E-state index in [1.54, 1.807) is 6.42 Å². The molecule has 0 radical (unpaired) electrons. The van der Waals surface area contributed by atoms with Crippen LogP contribution in [0.25, 0.3) is 0 Å². The van der Waals surface area contributed by atoms with E-state index in [0.717, 1.165) is 41.7 Å². The zero-order valence-electron chi connectivity index (χ0n) is 8.91. The smallest absolute Gasteiger partial charge is 0.00104 e. The minimum Gasteiger partial charge on any atom is -0.403 e. The zero-order valence-corrected chi connectivity index (χ0v) is 8.91. The molecule has 0 aromatic rings. The van der Waals surface area contributed by atoms with Crippen molar-refractivity contribution in [3.05, 3.63) is 12.3 Å². The van der Waals surface area contributed by atoms with E-state index in [4.69, 9.17) is 5.73 Å². The summed E-state index contributed by atoms with van der Waals surface area (Å²) in [5.74, 6) is 5.08. The van der Waals surface area contributed by atoms with Crippen molar-refractivity contribution >= 4 is 0 Å². The molecule has 4 aliphatic carbocycles. The number of nitrogens with two attached hydrogens (primary N) is 1. The monoisotopic (exact) mass is 191 g/mol. The number of allylic oxidation sites excluding steroid dienone is 1. The highest BCUT2D eigenvalue weighted by molar-refractivity contribution is 5.02. The van der Waals surface area contributed by atoms with Crippen molar-refractivity contribution in [2.45, 2.75) is 38.5 Å². The molecule has 0 amide bonds. The highest BCUT2D eigenvalue weighted by Crippen LogP contribution is 2.57.